The van der Waals surface area contributed by atoms with E-state index in [0.29, 0.717) is 30.6 Å². The van der Waals surface area contributed by atoms with E-state index in [0.717, 1.165) is 10.6 Å². The highest BCUT2D eigenvalue weighted by Gasteiger charge is 2.40. The summed E-state index contributed by atoms with van der Waals surface area (Å²) in [6, 6.07) is 3.97. The van der Waals surface area contributed by atoms with Gasteiger partial charge in [0.1, 0.15) is 12.1 Å². The number of rotatable bonds is 5. The highest BCUT2D eigenvalue weighted by Crippen LogP contribution is 2.17. The standard InChI is InChI=1S/C20H27N5O6S/c1-13(26)14-5-7-15(8-6-14)22-20(29)24-10-11-25(32(2,30)31)17(12-24)19(28)23-16-4-3-9-21-18(16)27/h5-8,16-17H,3-4,9-12H2,1-2H3,(H,21,27)(H,22,29)(H,23,28)/t16-,17-/m0/s1. The Kier molecular flexibility index (Phi) is 7.14. The van der Waals surface area contributed by atoms with E-state index >= 15 is 0 Å². The Bertz CT molecular complexity index is 1010. The molecule has 2 atom stereocenters. The third-order valence-corrected chi connectivity index (χ3v) is 6.78. The lowest BCUT2D eigenvalue weighted by Crippen LogP contribution is -2.63. The molecule has 2 aliphatic heterocycles. The van der Waals surface area contributed by atoms with Gasteiger partial charge in [0.25, 0.3) is 0 Å². The molecule has 1 aromatic rings. The van der Waals surface area contributed by atoms with Crippen LogP contribution in [0.25, 0.3) is 0 Å². The number of benzene rings is 1. The zero-order valence-corrected chi connectivity index (χ0v) is 18.8. The molecule has 0 radical (unpaired) electrons. The summed E-state index contributed by atoms with van der Waals surface area (Å²) in [6.07, 6.45) is 2.17. The Labute approximate surface area is 186 Å². The van der Waals surface area contributed by atoms with Crippen LogP contribution >= 0.6 is 0 Å². The van der Waals surface area contributed by atoms with E-state index in [1.165, 1.54) is 11.8 Å². The summed E-state index contributed by atoms with van der Waals surface area (Å²) >= 11 is 0. The Balaban J connectivity index is 1.71. The SMILES string of the molecule is CC(=O)c1ccc(NC(=O)N2CCN(S(C)(=O)=O)[C@H](C(=O)N[C@H]3CCCNC3=O)C2)cc1. The number of anilines is 1. The predicted octanol–water partition coefficient (Wildman–Crippen LogP) is -0.238. The number of sulfonamides is 1. The number of piperidine rings is 1. The van der Waals surface area contributed by atoms with E-state index in [9.17, 15) is 27.6 Å². The van der Waals surface area contributed by atoms with Gasteiger partial charge in [0.2, 0.25) is 21.8 Å². The molecule has 0 spiro atoms. The zero-order chi connectivity index (χ0) is 23.5. The molecular formula is C20H27N5O6S. The molecule has 4 amide bonds. The highest BCUT2D eigenvalue weighted by molar-refractivity contribution is 7.88. The van der Waals surface area contributed by atoms with Crippen LogP contribution in [0.1, 0.15) is 30.1 Å². The van der Waals surface area contributed by atoms with E-state index in [1.807, 2.05) is 0 Å². The van der Waals surface area contributed by atoms with Crippen LogP contribution in [-0.4, -0.2) is 85.8 Å². The van der Waals surface area contributed by atoms with Gasteiger partial charge >= 0.3 is 6.03 Å². The summed E-state index contributed by atoms with van der Waals surface area (Å²) in [5.74, 6) is -1.03. The first kappa shape index (κ1) is 23.7. The Hall–Kier alpha value is -2.99. The first-order chi connectivity index (χ1) is 15.1. The number of hydrogen-bond acceptors (Lipinski definition) is 6. The van der Waals surface area contributed by atoms with Gasteiger partial charge < -0.3 is 20.9 Å². The molecule has 32 heavy (non-hydrogen) atoms. The molecule has 0 bridgehead atoms. The molecule has 0 aliphatic carbocycles. The van der Waals surface area contributed by atoms with E-state index in [1.54, 1.807) is 24.3 Å². The summed E-state index contributed by atoms with van der Waals surface area (Å²) < 4.78 is 25.5. The average Bonchev–Trinajstić information content (AvgIpc) is 2.74. The number of carbonyl (C=O) groups is 4. The van der Waals surface area contributed by atoms with Crippen molar-refractivity contribution >= 4 is 39.3 Å². The number of urea groups is 1. The van der Waals surface area contributed by atoms with Crippen molar-refractivity contribution < 1.29 is 27.6 Å². The maximum atomic E-state index is 12.9. The van der Waals surface area contributed by atoms with Crippen LogP contribution in [0, 0.1) is 0 Å². The Morgan fingerprint density at radius 2 is 1.81 bits per heavy atom. The van der Waals surface area contributed by atoms with Crippen molar-refractivity contribution in [3.8, 4) is 0 Å². The minimum atomic E-state index is -3.71. The second-order valence-electron chi connectivity index (χ2n) is 7.89. The van der Waals surface area contributed by atoms with E-state index in [-0.39, 0.29) is 31.3 Å². The van der Waals surface area contributed by atoms with Gasteiger partial charge in [-0.1, -0.05) is 0 Å². The summed E-state index contributed by atoms with van der Waals surface area (Å²) in [7, 11) is -3.71. The minimum absolute atomic E-state index is 0.0511. The average molecular weight is 466 g/mol. The third kappa shape index (κ3) is 5.62. The van der Waals surface area contributed by atoms with Gasteiger partial charge in [-0.25, -0.2) is 13.2 Å². The predicted molar refractivity (Wildman–Crippen MR) is 117 cm³/mol. The van der Waals surface area contributed by atoms with Crippen molar-refractivity contribution in [2.75, 3.05) is 37.8 Å². The molecule has 11 nitrogen and oxygen atoms in total. The third-order valence-electron chi connectivity index (χ3n) is 5.49. The second kappa shape index (κ2) is 9.65. The monoisotopic (exact) mass is 465 g/mol. The lowest BCUT2D eigenvalue weighted by molar-refractivity contribution is -0.132. The summed E-state index contributed by atoms with van der Waals surface area (Å²) in [4.78, 5) is 50.4. The molecule has 12 heteroatoms. The number of ketones is 1. The second-order valence-corrected chi connectivity index (χ2v) is 9.83. The highest BCUT2D eigenvalue weighted by atomic mass is 32.2. The van der Waals surface area contributed by atoms with E-state index in [4.69, 9.17) is 0 Å². The lowest BCUT2D eigenvalue weighted by Gasteiger charge is -2.39. The van der Waals surface area contributed by atoms with Crippen molar-refractivity contribution in [3.63, 3.8) is 0 Å². The lowest BCUT2D eigenvalue weighted by atomic mass is 10.1. The summed E-state index contributed by atoms with van der Waals surface area (Å²) in [5.41, 5.74) is 0.971. The van der Waals surface area contributed by atoms with Crippen LogP contribution < -0.4 is 16.0 Å². The number of piperazine rings is 1. The molecule has 2 heterocycles. The topological polar surface area (TPSA) is 145 Å². The van der Waals surface area contributed by atoms with Crippen molar-refractivity contribution in [3.05, 3.63) is 29.8 Å². The quantitative estimate of drug-likeness (QED) is 0.512. The van der Waals surface area contributed by atoms with Crippen molar-refractivity contribution in [2.45, 2.75) is 31.8 Å². The van der Waals surface area contributed by atoms with E-state index in [2.05, 4.69) is 16.0 Å². The molecule has 3 N–H and O–H groups in total. The smallest absolute Gasteiger partial charge is 0.321 e. The van der Waals surface area contributed by atoms with Gasteiger partial charge in [-0.15, -0.1) is 0 Å². The molecule has 0 saturated carbocycles. The molecule has 2 aliphatic rings. The molecule has 0 aromatic heterocycles. The minimum Gasteiger partial charge on any atom is -0.354 e. The van der Waals surface area contributed by atoms with Crippen LogP contribution in [0.3, 0.4) is 0 Å². The number of nitrogens with zero attached hydrogens (tertiary/aromatic N) is 2. The van der Waals surface area contributed by atoms with Crippen molar-refractivity contribution in [1.29, 1.82) is 0 Å². The fourth-order valence-electron chi connectivity index (χ4n) is 3.73. The number of nitrogens with one attached hydrogen (secondary N) is 3. The number of hydrogen-bond donors (Lipinski definition) is 3. The van der Waals surface area contributed by atoms with Gasteiger partial charge in [0.05, 0.1) is 6.26 Å². The summed E-state index contributed by atoms with van der Waals surface area (Å²) in [6.45, 7) is 1.86. The van der Waals surface area contributed by atoms with Gasteiger partial charge in [0, 0.05) is 37.4 Å². The molecular weight excluding hydrogens is 438 g/mol. The van der Waals surface area contributed by atoms with Crippen LogP contribution in [0.4, 0.5) is 10.5 Å². The Morgan fingerprint density at radius 1 is 1.12 bits per heavy atom. The first-order valence-electron chi connectivity index (χ1n) is 10.3. The number of Topliss-reactive ketones (excluding diaryl/α,β-unsaturated/α-hetero) is 1. The maximum Gasteiger partial charge on any atom is 0.321 e. The first-order valence-corrected chi connectivity index (χ1v) is 12.1. The number of amides is 4. The van der Waals surface area contributed by atoms with Gasteiger partial charge in [-0.3, -0.25) is 14.4 Å². The fourth-order valence-corrected chi connectivity index (χ4v) is 4.77. The molecule has 3 rings (SSSR count). The van der Waals surface area contributed by atoms with Crippen molar-refractivity contribution in [2.24, 2.45) is 0 Å². The van der Waals surface area contributed by atoms with Crippen LogP contribution in [-0.2, 0) is 19.6 Å². The number of carbonyl (C=O) groups excluding carboxylic acids is 4. The molecule has 2 fully saturated rings. The van der Waals surface area contributed by atoms with E-state index < -0.39 is 34.0 Å². The zero-order valence-electron chi connectivity index (χ0n) is 18.0. The molecule has 2 saturated heterocycles. The Morgan fingerprint density at radius 3 is 2.41 bits per heavy atom. The summed E-state index contributed by atoms with van der Waals surface area (Å²) in [5, 5.41) is 7.98. The normalized spacial score (nSPS) is 22.1. The van der Waals surface area contributed by atoms with Gasteiger partial charge in [-0.2, -0.15) is 4.31 Å². The largest absolute Gasteiger partial charge is 0.354 e. The fraction of sp³-hybridized carbons (Fsp3) is 0.500. The maximum absolute atomic E-state index is 12.9. The van der Waals surface area contributed by atoms with Crippen molar-refractivity contribution in [1.82, 2.24) is 19.8 Å². The van der Waals surface area contributed by atoms with Gasteiger partial charge in [-0.05, 0) is 44.0 Å². The van der Waals surface area contributed by atoms with Crippen LogP contribution in [0.2, 0.25) is 0 Å². The van der Waals surface area contributed by atoms with Crippen LogP contribution in [0.5, 0.6) is 0 Å². The van der Waals surface area contributed by atoms with Crippen LogP contribution in [0.15, 0.2) is 24.3 Å². The van der Waals surface area contributed by atoms with Gasteiger partial charge in [0.15, 0.2) is 5.78 Å². The molecule has 0 unspecified atom stereocenters. The molecule has 174 valence electrons. The molecule has 1 aromatic carbocycles.